The van der Waals surface area contributed by atoms with E-state index in [4.69, 9.17) is 4.74 Å². The highest BCUT2D eigenvalue weighted by molar-refractivity contribution is 5.90. The Morgan fingerprint density at radius 1 is 1.16 bits per heavy atom. The highest BCUT2D eigenvalue weighted by atomic mass is 19.1. The first-order chi connectivity index (χ1) is 17.9. The molecule has 0 saturated carbocycles. The third kappa shape index (κ3) is 5.43. The molecule has 4 N–H and O–H groups in total. The van der Waals surface area contributed by atoms with Gasteiger partial charge >= 0.3 is 6.03 Å². The third-order valence-corrected chi connectivity index (χ3v) is 6.82. The number of aromatic nitrogens is 2. The molecule has 11 heteroatoms. The maximum Gasteiger partial charge on any atom is 0.320 e. The second-order valence-electron chi connectivity index (χ2n) is 9.30. The van der Waals surface area contributed by atoms with Gasteiger partial charge in [0.15, 0.2) is 0 Å². The van der Waals surface area contributed by atoms with Crippen LogP contribution < -0.4 is 26.2 Å². The molecule has 196 valence electrons. The topological polar surface area (TPSA) is 95.5 Å². The molecule has 37 heavy (non-hydrogen) atoms. The molecule has 2 fully saturated rings. The summed E-state index contributed by atoms with van der Waals surface area (Å²) in [4.78, 5) is 15.5. The number of anilines is 1. The van der Waals surface area contributed by atoms with E-state index in [0.717, 1.165) is 24.7 Å². The van der Waals surface area contributed by atoms with Crippen LogP contribution in [0.25, 0.3) is 5.69 Å². The van der Waals surface area contributed by atoms with Crippen LogP contribution in [0.5, 0.6) is 5.88 Å². The molecule has 2 aliphatic rings. The molecule has 3 heterocycles. The highest BCUT2D eigenvalue weighted by Crippen LogP contribution is 2.32. The highest BCUT2D eigenvalue weighted by Gasteiger charge is 2.39. The first-order valence-electron chi connectivity index (χ1n) is 12.5. The van der Waals surface area contributed by atoms with E-state index in [0.29, 0.717) is 42.5 Å². The number of nitrogens with zero attached hydrogens (tertiary/aromatic N) is 3. The van der Waals surface area contributed by atoms with Gasteiger partial charge in [-0.25, -0.2) is 23.7 Å². The Labute approximate surface area is 214 Å². The van der Waals surface area contributed by atoms with Gasteiger partial charge in [0.25, 0.3) is 0 Å². The largest absolute Gasteiger partial charge is 0.477 e. The van der Waals surface area contributed by atoms with E-state index < -0.39 is 17.7 Å². The molecular formula is C26H31F2N7O2. The van der Waals surface area contributed by atoms with Crippen LogP contribution in [-0.4, -0.2) is 59.2 Å². The number of amides is 2. The van der Waals surface area contributed by atoms with E-state index in [-0.39, 0.29) is 18.1 Å². The number of hydrazine groups is 1. The average molecular weight is 512 g/mol. The van der Waals surface area contributed by atoms with Gasteiger partial charge in [0, 0.05) is 31.6 Å². The predicted molar refractivity (Wildman–Crippen MR) is 136 cm³/mol. The van der Waals surface area contributed by atoms with Crippen molar-refractivity contribution >= 4 is 11.8 Å². The van der Waals surface area contributed by atoms with Crippen molar-refractivity contribution in [2.75, 3.05) is 31.6 Å². The molecule has 1 aromatic heterocycles. The van der Waals surface area contributed by atoms with Crippen molar-refractivity contribution in [2.45, 2.75) is 38.4 Å². The predicted octanol–water partition coefficient (Wildman–Crippen LogP) is 3.27. The Bertz CT molecular complexity index is 1230. The van der Waals surface area contributed by atoms with Gasteiger partial charge in [0.2, 0.25) is 5.88 Å². The SMILES string of the molecule is CCOc1nn(-c2ccccc2)c(NC(=O)N[C@@H]2CN(C3CCNN3)C[C@H]2c2cc(F)cc(F)c2)c1C. The Morgan fingerprint density at radius 2 is 1.92 bits per heavy atom. The van der Waals surface area contributed by atoms with Crippen molar-refractivity contribution in [1.29, 1.82) is 0 Å². The lowest BCUT2D eigenvalue weighted by atomic mass is 9.94. The summed E-state index contributed by atoms with van der Waals surface area (Å²) >= 11 is 0. The fourth-order valence-corrected chi connectivity index (χ4v) is 5.07. The van der Waals surface area contributed by atoms with Crippen LogP contribution in [0.15, 0.2) is 48.5 Å². The normalized spacial score (nSPS) is 21.8. The number of para-hydroxylation sites is 1. The van der Waals surface area contributed by atoms with Crippen LogP contribution in [0.2, 0.25) is 0 Å². The van der Waals surface area contributed by atoms with Gasteiger partial charge in [-0.1, -0.05) is 18.2 Å². The number of likely N-dealkylation sites (tertiary alicyclic amines) is 1. The first kappa shape index (κ1) is 25.1. The lowest BCUT2D eigenvalue weighted by Crippen LogP contribution is -2.46. The summed E-state index contributed by atoms with van der Waals surface area (Å²) in [6.07, 6.45) is 0.963. The molecule has 2 amide bonds. The van der Waals surface area contributed by atoms with Crippen LogP contribution in [-0.2, 0) is 0 Å². The van der Waals surface area contributed by atoms with Crippen molar-refractivity contribution in [3.63, 3.8) is 0 Å². The van der Waals surface area contributed by atoms with Gasteiger partial charge in [-0.3, -0.25) is 15.6 Å². The van der Waals surface area contributed by atoms with Crippen LogP contribution in [0.1, 0.15) is 30.4 Å². The lowest BCUT2D eigenvalue weighted by Gasteiger charge is -2.23. The van der Waals surface area contributed by atoms with Gasteiger partial charge in [-0.15, -0.1) is 5.10 Å². The zero-order chi connectivity index (χ0) is 25.9. The molecule has 3 aromatic rings. The molecule has 9 nitrogen and oxygen atoms in total. The van der Waals surface area contributed by atoms with Crippen molar-refractivity contribution in [2.24, 2.45) is 0 Å². The third-order valence-electron chi connectivity index (χ3n) is 6.82. The summed E-state index contributed by atoms with van der Waals surface area (Å²) in [6, 6.07) is 12.2. The fourth-order valence-electron chi connectivity index (χ4n) is 5.07. The van der Waals surface area contributed by atoms with E-state index in [9.17, 15) is 13.6 Å². The zero-order valence-corrected chi connectivity index (χ0v) is 20.8. The standard InChI is InChI=1S/C26H31F2N7O2/c1-3-37-25-16(2)24(35(33-25)20-7-5-4-6-8-20)31-26(36)30-22-15-34(23-9-10-29-32-23)14-21(22)17-11-18(27)13-19(28)12-17/h4-8,11-13,21-23,29,32H,3,9-10,14-15H2,1-2H3,(H2,30,31,36)/t21-,22+,23?/m0/s1. The fraction of sp³-hybridized carbons (Fsp3) is 0.385. The molecule has 0 bridgehead atoms. The maximum absolute atomic E-state index is 14.1. The monoisotopic (exact) mass is 511 g/mol. The summed E-state index contributed by atoms with van der Waals surface area (Å²) in [5.41, 5.74) is 8.32. The molecule has 0 aliphatic carbocycles. The lowest BCUT2D eigenvalue weighted by molar-refractivity contribution is 0.211. The van der Waals surface area contributed by atoms with E-state index in [1.54, 1.807) is 4.68 Å². The Morgan fingerprint density at radius 3 is 2.59 bits per heavy atom. The summed E-state index contributed by atoms with van der Waals surface area (Å²) < 4.78 is 35.5. The molecule has 2 aliphatic heterocycles. The van der Waals surface area contributed by atoms with Crippen LogP contribution in [0.4, 0.5) is 19.4 Å². The van der Waals surface area contributed by atoms with E-state index >= 15 is 0 Å². The van der Waals surface area contributed by atoms with Gasteiger partial charge in [-0.05, 0) is 50.1 Å². The van der Waals surface area contributed by atoms with Crippen LogP contribution >= 0.6 is 0 Å². The van der Waals surface area contributed by atoms with E-state index in [1.165, 1.54) is 12.1 Å². The minimum absolute atomic E-state index is 0.0753. The van der Waals surface area contributed by atoms with Gasteiger partial charge < -0.3 is 10.1 Å². The van der Waals surface area contributed by atoms with Gasteiger partial charge in [-0.2, -0.15) is 0 Å². The number of benzene rings is 2. The van der Waals surface area contributed by atoms with E-state index in [2.05, 4.69) is 31.5 Å². The van der Waals surface area contributed by atoms with Crippen molar-refractivity contribution in [3.8, 4) is 11.6 Å². The maximum atomic E-state index is 14.1. The first-order valence-corrected chi connectivity index (χ1v) is 12.5. The van der Waals surface area contributed by atoms with Gasteiger partial charge in [0.05, 0.1) is 30.1 Å². The molecule has 0 radical (unpaired) electrons. The summed E-state index contributed by atoms with van der Waals surface area (Å²) in [6.45, 7) is 6.04. The Balaban J connectivity index is 1.39. The number of carbonyl (C=O) groups is 1. The molecule has 1 unspecified atom stereocenters. The van der Waals surface area contributed by atoms with Crippen molar-refractivity contribution in [1.82, 2.24) is 30.8 Å². The van der Waals surface area contributed by atoms with Crippen molar-refractivity contribution in [3.05, 3.63) is 71.3 Å². The number of halogens is 2. The minimum Gasteiger partial charge on any atom is -0.477 e. The van der Waals surface area contributed by atoms with Crippen LogP contribution in [0, 0.1) is 18.6 Å². The molecule has 5 rings (SSSR count). The number of carbonyl (C=O) groups excluding carboxylic acids is 1. The van der Waals surface area contributed by atoms with Crippen LogP contribution in [0.3, 0.4) is 0 Å². The Kier molecular flexibility index (Phi) is 7.36. The number of rotatable bonds is 7. The number of nitrogens with one attached hydrogen (secondary N) is 4. The number of ether oxygens (including phenoxy) is 1. The molecular weight excluding hydrogens is 480 g/mol. The number of hydrogen-bond donors (Lipinski definition) is 4. The molecule has 2 saturated heterocycles. The summed E-state index contributed by atoms with van der Waals surface area (Å²) in [7, 11) is 0. The second kappa shape index (κ2) is 10.8. The van der Waals surface area contributed by atoms with E-state index in [1.807, 2.05) is 44.2 Å². The zero-order valence-electron chi connectivity index (χ0n) is 20.8. The quantitative estimate of drug-likeness (QED) is 0.389. The summed E-state index contributed by atoms with van der Waals surface area (Å²) in [5, 5.41) is 10.5. The second-order valence-corrected chi connectivity index (χ2v) is 9.30. The Hall–Kier alpha value is -3.54. The molecule has 2 aromatic carbocycles. The molecule has 0 spiro atoms. The summed E-state index contributed by atoms with van der Waals surface area (Å²) in [5.74, 6) is -0.651. The molecule has 3 atom stereocenters. The number of urea groups is 1. The minimum atomic E-state index is -0.636. The van der Waals surface area contributed by atoms with Crippen molar-refractivity contribution < 1.29 is 18.3 Å². The van der Waals surface area contributed by atoms with Gasteiger partial charge in [0.1, 0.15) is 17.5 Å². The smallest absolute Gasteiger partial charge is 0.320 e. The number of hydrogen-bond acceptors (Lipinski definition) is 6. The average Bonchev–Trinajstić information content (AvgIpc) is 3.61.